The summed E-state index contributed by atoms with van der Waals surface area (Å²) in [7, 11) is 0. The van der Waals surface area contributed by atoms with Crippen molar-refractivity contribution in [2.45, 2.75) is 31.8 Å². The van der Waals surface area contributed by atoms with E-state index in [0.29, 0.717) is 28.6 Å². The summed E-state index contributed by atoms with van der Waals surface area (Å²) in [6.45, 7) is 1.46. The van der Waals surface area contributed by atoms with Crippen LogP contribution in [-0.2, 0) is 0 Å². The Labute approximate surface area is 203 Å². The van der Waals surface area contributed by atoms with Gasteiger partial charge in [-0.1, -0.05) is 12.1 Å². The van der Waals surface area contributed by atoms with E-state index < -0.39 is 11.6 Å². The summed E-state index contributed by atoms with van der Waals surface area (Å²) >= 11 is 0. The number of pyridine rings is 1. The monoisotopic (exact) mass is 489 g/mol. The van der Waals surface area contributed by atoms with E-state index in [1.165, 1.54) is 13.0 Å². The van der Waals surface area contributed by atoms with Gasteiger partial charge in [0.2, 0.25) is 0 Å². The summed E-state index contributed by atoms with van der Waals surface area (Å²) in [5, 5.41) is 13.5. The predicted octanol–water partition coefficient (Wildman–Crippen LogP) is 3.51. The van der Waals surface area contributed by atoms with E-state index in [0.717, 1.165) is 18.8 Å². The molecule has 4 atom stereocenters. The second-order valence-electron chi connectivity index (χ2n) is 9.28. The number of fused-ring (bicyclic) bond motifs is 2. The van der Waals surface area contributed by atoms with E-state index in [-0.39, 0.29) is 52.9 Å². The first kappa shape index (κ1) is 22.2. The predicted molar refractivity (Wildman–Crippen MR) is 126 cm³/mol. The number of Topliss-reactive ketones (excluding diaryl/α,β-unsaturated/α-hetero) is 1. The van der Waals surface area contributed by atoms with E-state index in [1.54, 1.807) is 24.3 Å². The number of halogens is 2. The molecule has 3 N–H and O–H groups in total. The molecule has 3 heterocycles. The van der Waals surface area contributed by atoms with E-state index in [2.05, 4.69) is 35.8 Å². The van der Waals surface area contributed by atoms with Crippen molar-refractivity contribution in [1.29, 1.82) is 0 Å². The largest absolute Gasteiger partial charge is 0.364 e. The first-order valence-corrected chi connectivity index (χ1v) is 11.6. The SMILES string of the molecule is CC(=O)c1cccc(C(=O)NC2CC(Nc3nc(-c4n[nH]c5ncc(F)cc45)ncc3F)[C@H]3C[C@@H]23)c1. The van der Waals surface area contributed by atoms with Crippen molar-refractivity contribution in [2.75, 3.05) is 5.32 Å². The quantitative estimate of drug-likeness (QED) is 0.354. The van der Waals surface area contributed by atoms with Crippen molar-refractivity contribution in [3.8, 4) is 11.5 Å². The van der Waals surface area contributed by atoms with Gasteiger partial charge in [-0.15, -0.1) is 0 Å². The van der Waals surface area contributed by atoms with Crippen molar-refractivity contribution >= 4 is 28.5 Å². The number of amides is 1. The highest BCUT2D eigenvalue weighted by atomic mass is 19.1. The zero-order valence-electron chi connectivity index (χ0n) is 19.1. The molecule has 2 saturated carbocycles. The number of H-pyrrole nitrogens is 1. The van der Waals surface area contributed by atoms with Crippen LogP contribution < -0.4 is 10.6 Å². The molecule has 4 aromatic rings. The first-order chi connectivity index (χ1) is 17.4. The Morgan fingerprint density at radius 1 is 1.03 bits per heavy atom. The molecule has 0 saturated heterocycles. The molecule has 182 valence electrons. The van der Waals surface area contributed by atoms with Crippen molar-refractivity contribution in [3.63, 3.8) is 0 Å². The average molecular weight is 489 g/mol. The number of hydrogen-bond acceptors (Lipinski definition) is 7. The summed E-state index contributed by atoms with van der Waals surface area (Å²) in [6, 6.07) is 7.74. The van der Waals surface area contributed by atoms with E-state index in [4.69, 9.17) is 0 Å². The van der Waals surface area contributed by atoms with Crippen molar-refractivity contribution in [3.05, 3.63) is 65.5 Å². The lowest BCUT2D eigenvalue weighted by Gasteiger charge is -2.20. The lowest BCUT2D eigenvalue weighted by Crippen LogP contribution is -2.37. The minimum Gasteiger partial charge on any atom is -0.364 e. The molecular weight excluding hydrogens is 468 g/mol. The van der Waals surface area contributed by atoms with Crippen LogP contribution in [0.4, 0.5) is 14.6 Å². The zero-order chi connectivity index (χ0) is 25.0. The third-order valence-electron chi connectivity index (χ3n) is 6.94. The van der Waals surface area contributed by atoms with Gasteiger partial charge in [0.1, 0.15) is 11.5 Å². The molecule has 2 unspecified atom stereocenters. The van der Waals surface area contributed by atoms with E-state index >= 15 is 0 Å². The van der Waals surface area contributed by atoms with Crippen LogP contribution in [0.2, 0.25) is 0 Å². The number of hydrogen-bond donors (Lipinski definition) is 3. The van der Waals surface area contributed by atoms with Gasteiger partial charge in [-0.25, -0.2) is 23.7 Å². The Kier molecular flexibility index (Phi) is 5.20. The normalized spacial score (nSPS) is 22.3. The average Bonchev–Trinajstić information content (AvgIpc) is 3.46. The highest BCUT2D eigenvalue weighted by Gasteiger charge is 2.55. The van der Waals surface area contributed by atoms with Gasteiger partial charge in [-0.05, 0) is 49.8 Å². The molecule has 3 aromatic heterocycles. The van der Waals surface area contributed by atoms with Crippen LogP contribution in [0, 0.1) is 23.5 Å². The molecule has 11 heteroatoms. The zero-order valence-corrected chi connectivity index (χ0v) is 19.1. The fourth-order valence-electron chi connectivity index (χ4n) is 5.05. The molecule has 0 spiro atoms. The summed E-state index contributed by atoms with van der Waals surface area (Å²) in [5.74, 6) is -0.762. The second kappa shape index (κ2) is 8.43. The molecule has 0 bridgehead atoms. The van der Waals surface area contributed by atoms with Gasteiger partial charge in [-0.2, -0.15) is 5.10 Å². The maximum Gasteiger partial charge on any atom is 0.251 e. The van der Waals surface area contributed by atoms with Crippen LogP contribution in [0.1, 0.15) is 40.5 Å². The highest BCUT2D eigenvalue weighted by Crippen LogP contribution is 2.52. The second-order valence-corrected chi connectivity index (χ2v) is 9.28. The number of anilines is 1. The van der Waals surface area contributed by atoms with Gasteiger partial charge < -0.3 is 10.6 Å². The van der Waals surface area contributed by atoms with Gasteiger partial charge in [0.15, 0.2) is 28.9 Å². The van der Waals surface area contributed by atoms with Crippen LogP contribution in [0.25, 0.3) is 22.6 Å². The Morgan fingerprint density at radius 2 is 1.83 bits per heavy atom. The Morgan fingerprint density at radius 3 is 2.67 bits per heavy atom. The van der Waals surface area contributed by atoms with Crippen LogP contribution in [0.15, 0.2) is 42.7 Å². The van der Waals surface area contributed by atoms with Crippen molar-refractivity contribution in [1.82, 2.24) is 30.5 Å². The number of ketones is 1. The standard InChI is InChI=1S/C25H21F2N7O2/c1-11(35)12-3-2-4-13(5-12)25(36)31-20-8-19(15-7-16(15)20)30-23-18(27)10-29-24(32-23)21-17-6-14(26)9-28-22(17)34-33-21/h2-6,9-10,15-16,19-20H,7-8H2,1H3,(H,31,36)(H,28,33,34)(H,29,30,32)/t15-,16+,19?,20?/m0/s1. The van der Waals surface area contributed by atoms with Crippen molar-refractivity contribution < 1.29 is 18.4 Å². The number of rotatable bonds is 6. The van der Waals surface area contributed by atoms with Crippen LogP contribution >= 0.6 is 0 Å². The Hall–Kier alpha value is -4.28. The topological polar surface area (TPSA) is 126 Å². The number of nitrogens with zero attached hydrogens (tertiary/aromatic N) is 4. The summed E-state index contributed by atoms with van der Waals surface area (Å²) < 4.78 is 28.3. The van der Waals surface area contributed by atoms with Gasteiger partial charge in [-0.3, -0.25) is 14.7 Å². The van der Waals surface area contributed by atoms with Gasteiger partial charge in [0.25, 0.3) is 5.91 Å². The molecule has 2 aliphatic rings. The van der Waals surface area contributed by atoms with Gasteiger partial charge in [0.05, 0.1) is 17.8 Å². The number of carbonyl (C=O) groups excluding carboxylic acids is 2. The summed E-state index contributed by atoms with van der Waals surface area (Å²) in [5.41, 5.74) is 1.56. The summed E-state index contributed by atoms with van der Waals surface area (Å²) in [6.07, 6.45) is 3.64. The molecule has 1 aromatic carbocycles. The highest BCUT2D eigenvalue weighted by molar-refractivity contribution is 5.99. The number of aromatic nitrogens is 5. The molecule has 0 aliphatic heterocycles. The first-order valence-electron chi connectivity index (χ1n) is 11.6. The van der Waals surface area contributed by atoms with Crippen LogP contribution in [0.3, 0.4) is 0 Å². The molecular formula is C25H21F2N7O2. The molecule has 1 amide bonds. The smallest absolute Gasteiger partial charge is 0.251 e. The minimum absolute atomic E-state index is 0.0253. The van der Waals surface area contributed by atoms with Crippen LogP contribution in [0.5, 0.6) is 0 Å². The molecule has 0 radical (unpaired) electrons. The number of aromatic amines is 1. The lowest BCUT2D eigenvalue weighted by atomic mass is 10.1. The van der Waals surface area contributed by atoms with Gasteiger partial charge >= 0.3 is 0 Å². The van der Waals surface area contributed by atoms with Gasteiger partial charge in [0, 0.05) is 23.2 Å². The third kappa shape index (κ3) is 3.96. The number of nitrogens with one attached hydrogen (secondary N) is 3. The third-order valence-corrected chi connectivity index (χ3v) is 6.94. The minimum atomic E-state index is -0.617. The fraction of sp³-hybridized carbons (Fsp3) is 0.280. The maximum atomic E-state index is 14.6. The molecule has 6 rings (SSSR count). The fourth-order valence-corrected chi connectivity index (χ4v) is 5.05. The van der Waals surface area contributed by atoms with Crippen LogP contribution in [-0.4, -0.2) is 48.9 Å². The maximum absolute atomic E-state index is 14.6. The molecule has 9 nitrogen and oxygen atoms in total. The van der Waals surface area contributed by atoms with Crippen molar-refractivity contribution in [2.24, 2.45) is 11.8 Å². The Bertz CT molecular complexity index is 1520. The number of carbonyl (C=O) groups is 2. The molecule has 36 heavy (non-hydrogen) atoms. The lowest BCUT2D eigenvalue weighted by molar-refractivity contribution is 0.0933. The van der Waals surface area contributed by atoms with E-state index in [9.17, 15) is 18.4 Å². The van der Waals surface area contributed by atoms with E-state index in [1.807, 2.05) is 0 Å². The molecule has 2 fully saturated rings. The molecule has 2 aliphatic carbocycles. The summed E-state index contributed by atoms with van der Waals surface area (Å²) in [4.78, 5) is 36.7. The Balaban J connectivity index is 1.18. The number of benzene rings is 1.